The van der Waals surface area contributed by atoms with Crippen molar-refractivity contribution in [1.82, 2.24) is 5.32 Å². The standard InChI is InChI=1S/C16H23BrN2O/c1-11-6-7-13(9-14(11)17)15(20)19-16(10-18)8-4-3-5-12(16)2/h6-7,9,12H,3-5,8,10,18H2,1-2H3,(H,19,20). The summed E-state index contributed by atoms with van der Waals surface area (Å²) in [5.74, 6) is 0.406. The van der Waals surface area contributed by atoms with E-state index in [1.807, 2.05) is 25.1 Å². The number of halogens is 1. The van der Waals surface area contributed by atoms with Gasteiger partial charge in [-0.2, -0.15) is 0 Å². The van der Waals surface area contributed by atoms with Crippen LogP contribution in [0.25, 0.3) is 0 Å². The second kappa shape index (κ2) is 6.27. The molecule has 1 aliphatic rings. The van der Waals surface area contributed by atoms with Gasteiger partial charge in [0.15, 0.2) is 0 Å². The lowest BCUT2D eigenvalue weighted by Gasteiger charge is -2.42. The molecule has 20 heavy (non-hydrogen) atoms. The van der Waals surface area contributed by atoms with Crippen molar-refractivity contribution >= 4 is 21.8 Å². The van der Waals surface area contributed by atoms with Gasteiger partial charge in [0.1, 0.15) is 0 Å². The summed E-state index contributed by atoms with van der Waals surface area (Å²) in [6, 6.07) is 5.70. The van der Waals surface area contributed by atoms with Crippen LogP contribution in [0.3, 0.4) is 0 Å². The molecule has 0 aromatic heterocycles. The van der Waals surface area contributed by atoms with Gasteiger partial charge in [-0.1, -0.05) is 41.8 Å². The number of amides is 1. The third-order valence-corrected chi connectivity index (χ3v) is 5.47. The lowest BCUT2D eigenvalue weighted by Crippen LogP contribution is -2.59. The van der Waals surface area contributed by atoms with Crippen molar-refractivity contribution in [1.29, 1.82) is 0 Å². The fourth-order valence-electron chi connectivity index (χ4n) is 2.99. The summed E-state index contributed by atoms with van der Waals surface area (Å²) in [5, 5.41) is 3.21. The van der Waals surface area contributed by atoms with Crippen molar-refractivity contribution in [2.75, 3.05) is 6.54 Å². The van der Waals surface area contributed by atoms with Crippen molar-refractivity contribution in [3.05, 3.63) is 33.8 Å². The Bertz CT molecular complexity index is 503. The molecule has 0 aliphatic heterocycles. The predicted octanol–water partition coefficient (Wildman–Crippen LogP) is 3.39. The van der Waals surface area contributed by atoms with Crippen LogP contribution in [0.15, 0.2) is 22.7 Å². The summed E-state index contributed by atoms with van der Waals surface area (Å²) >= 11 is 3.48. The summed E-state index contributed by atoms with van der Waals surface area (Å²) in [5.41, 5.74) is 7.56. The minimum Gasteiger partial charge on any atom is -0.345 e. The number of nitrogens with two attached hydrogens (primary N) is 1. The predicted molar refractivity (Wildman–Crippen MR) is 85.8 cm³/mol. The maximum absolute atomic E-state index is 12.5. The minimum atomic E-state index is -0.243. The van der Waals surface area contributed by atoms with Crippen LogP contribution >= 0.6 is 15.9 Å². The van der Waals surface area contributed by atoms with Crippen molar-refractivity contribution in [2.24, 2.45) is 11.7 Å². The Balaban J connectivity index is 2.18. The van der Waals surface area contributed by atoms with E-state index < -0.39 is 0 Å². The molecule has 1 saturated carbocycles. The van der Waals surface area contributed by atoms with E-state index in [0.717, 1.165) is 29.3 Å². The Kier molecular flexibility index (Phi) is 4.86. The second-order valence-corrected chi connectivity index (χ2v) is 6.78. The molecule has 0 radical (unpaired) electrons. The highest BCUT2D eigenvalue weighted by Crippen LogP contribution is 2.33. The van der Waals surface area contributed by atoms with E-state index in [1.54, 1.807) is 0 Å². The zero-order valence-corrected chi connectivity index (χ0v) is 13.8. The van der Waals surface area contributed by atoms with E-state index in [2.05, 4.69) is 28.2 Å². The van der Waals surface area contributed by atoms with Crippen molar-refractivity contribution in [2.45, 2.75) is 45.1 Å². The monoisotopic (exact) mass is 338 g/mol. The van der Waals surface area contributed by atoms with Crippen molar-refractivity contribution < 1.29 is 4.79 Å². The van der Waals surface area contributed by atoms with E-state index in [4.69, 9.17) is 5.73 Å². The Hall–Kier alpha value is -0.870. The number of benzene rings is 1. The molecule has 4 heteroatoms. The summed E-state index contributed by atoms with van der Waals surface area (Å²) in [4.78, 5) is 12.5. The summed E-state index contributed by atoms with van der Waals surface area (Å²) in [7, 11) is 0. The van der Waals surface area contributed by atoms with Gasteiger partial charge in [0.2, 0.25) is 0 Å². The first-order chi connectivity index (χ1) is 9.48. The molecule has 0 spiro atoms. The Morgan fingerprint density at radius 2 is 2.25 bits per heavy atom. The zero-order chi connectivity index (χ0) is 14.8. The maximum atomic E-state index is 12.5. The van der Waals surface area contributed by atoms with Crippen LogP contribution in [0.4, 0.5) is 0 Å². The van der Waals surface area contributed by atoms with E-state index in [-0.39, 0.29) is 11.4 Å². The van der Waals surface area contributed by atoms with Crippen LogP contribution < -0.4 is 11.1 Å². The largest absolute Gasteiger partial charge is 0.345 e. The minimum absolute atomic E-state index is 0.0232. The van der Waals surface area contributed by atoms with Crippen molar-refractivity contribution in [3.63, 3.8) is 0 Å². The first kappa shape index (κ1) is 15.5. The zero-order valence-electron chi connectivity index (χ0n) is 12.2. The highest BCUT2D eigenvalue weighted by molar-refractivity contribution is 9.10. The quantitative estimate of drug-likeness (QED) is 0.887. The van der Waals surface area contributed by atoms with Crippen LogP contribution in [0, 0.1) is 12.8 Å². The first-order valence-corrected chi connectivity index (χ1v) is 8.06. The van der Waals surface area contributed by atoms with Gasteiger partial charge in [0, 0.05) is 16.6 Å². The van der Waals surface area contributed by atoms with Crippen LogP contribution in [0.2, 0.25) is 0 Å². The van der Waals surface area contributed by atoms with Gasteiger partial charge >= 0.3 is 0 Å². The Labute approximate surface area is 129 Å². The maximum Gasteiger partial charge on any atom is 0.251 e. The number of carbonyl (C=O) groups is 1. The number of hydrogen-bond donors (Lipinski definition) is 2. The van der Waals surface area contributed by atoms with Gasteiger partial charge in [-0.25, -0.2) is 0 Å². The molecule has 2 rings (SSSR count). The van der Waals surface area contributed by atoms with Gasteiger partial charge in [-0.15, -0.1) is 0 Å². The number of nitrogens with one attached hydrogen (secondary N) is 1. The lowest BCUT2D eigenvalue weighted by molar-refractivity contribution is 0.0812. The van der Waals surface area contributed by atoms with Gasteiger partial charge in [0.05, 0.1) is 5.54 Å². The average Bonchev–Trinajstić information content (AvgIpc) is 2.44. The molecule has 1 amide bonds. The molecule has 3 nitrogen and oxygen atoms in total. The normalized spacial score (nSPS) is 26.3. The number of hydrogen-bond acceptors (Lipinski definition) is 2. The van der Waals surface area contributed by atoms with Crippen molar-refractivity contribution in [3.8, 4) is 0 Å². The smallest absolute Gasteiger partial charge is 0.251 e. The summed E-state index contributed by atoms with van der Waals surface area (Å²) < 4.78 is 0.962. The molecule has 110 valence electrons. The topological polar surface area (TPSA) is 55.1 Å². The Morgan fingerprint density at radius 1 is 1.50 bits per heavy atom. The van der Waals surface area contributed by atoms with Gasteiger partial charge in [-0.3, -0.25) is 4.79 Å². The number of carbonyl (C=O) groups excluding carboxylic acids is 1. The van der Waals surface area contributed by atoms with E-state index in [1.165, 1.54) is 6.42 Å². The number of rotatable bonds is 3. The van der Waals surface area contributed by atoms with Crippen LogP contribution in [-0.2, 0) is 0 Å². The third-order valence-electron chi connectivity index (χ3n) is 4.61. The second-order valence-electron chi connectivity index (χ2n) is 5.93. The SMILES string of the molecule is Cc1ccc(C(=O)NC2(CN)CCCCC2C)cc1Br. The highest BCUT2D eigenvalue weighted by Gasteiger charge is 2.38. The average molecular weight is 339 g/mol. The molecule has 1 aliphatic carbocycles. The summed E-state index contributed by atoms with van der Waals surface area (Å²) in [6.45, 7) is 4.71. The fraction of sp³-hybridized carbons (Fsp3) is 0.562. The van der Waals surface area contributed by atoms with Gasteiger partial charge in [0.25, 0.3) is 5.91 Å². The molecule has 2 unspecified atom stereocenters. The van der Waals surface area contributed by atoms with Gasteiger partial charge in [-0.05, 0) is 43.4 Å². The van der Waals surface area contributed by atoms with Crippen LogP contribution in [-0.4, -0.2) is 18.0 Å². The summed E-state index contributed by atoms with van der Waals surface area (Å²) in [6.07, 6.45) is 4.48. The van der Waals surface area contributed by atoms with Gasteiger partial charge < -0.3 is 11.1 Å². The van der Waals surface area contributed by atoms with Crippen LogP contribution in [0.1, 0.15) is 48.5 Å². The third kappa shape index (κ3) is 3.07. The molecule has 1 fully saturated rings. The van der Waals surface area contributed by atoms with E-state index in [9.17, 15) is 4.79 Å². The molecular weight excluding hydrogens is 316 g/mol. The van der Waals surface area contributed by atoms with E-state index >= 15 is 0 Å². The molecule has 1 aromatic rings. The molecule has 0 saturated heterocycles. The molecule has 1 aromatic carbocycles. The molecular formula is C16H23BrN2O. The fourth-order valence-corrected chi connectivity index (χ4v) is 3.36. The molecule has 3 N–H and O–H groups in total. The molecule has 0 bridgehead atoms. The molecule has 0 heterocycles. The van der Waals surface area contributed by atoms with Crippen LogP contribution in [0.5, 0.6) is 0 Å². The Morgan fingerprint density at radius 3 is 2.85 bits per heavy atom. The lowest BCUT2D eigenvalue weighted by atomic mass is 9.73. The highest BCUT2D eigenvalue weighted by atomic mass is 79.9. The number of aryl methyl sites for hydroxylation is 1. The first-order valence-electron chi connectivity index (χ1n) is 7.27. The molecule has 2 atom stereocenters. The van der Waals surface area contributed by atoms with E-state index in [0.29, 0.717) is 18.0 Å².